The van der Waals surface area contributed by atoms with Crippen LogP contribution in [0.15, 0.2) is 29.3 Å². The van der Waals surface area contributed by atoms with Crippen molar-refractivity contribution in [1.82, 2.24) is 15.1 Å². The summed E-state index contributed by atoms with van der Waals surface area (Å²) in [7, 11) is 4.25. The quantitative estimate of drug-likeness (QED) is 0.423. The number of benzene rings is 1. The fraction of sp³-hybridized carbons (Fsp3) is 0.588. The Bertz CT molecular complexity index is 509. The predicted octanol–water partition coefficient (Wildman–Crippen LogP) is 3.45. The van der Waals surface area contributed by atoms with Crippen LogP contribution in [-0.2, 0) is 6.54 Å². The first kappa shape index (κ1) is 20.5. The van der Waals surface area contributed by atoms with Gasteiger partial charge in [-0.3, -0.25) is 4.99 Å². The van der Waals surface area contributed by atoms with Crippen LogP contribution in [0.1, 0.15) is 25.3 Å². The largest absolute Gasteiger partial charge is 0.357 e. The van der Waals surface area contributed by atoms with Crippen molar-refractivity contribution in [2.24, 2.45) is 4.99 Å². The van der Waals surface area contributed by atoms with Crippen molar-refractivity contribution in [1.29, 1.82) is 0 Å². The topological polar surface area (TPSA) is 30.9 Å². The summed E-state index contributed by atoms with van der Waals surface area (Å²) in [6.07, 6.45) is 2.52. The molecule has 1 heterocycles. The number of likely N-dealkylation sites (tertiary alicyclic amines) is 1. The molecule has 0 aliphatic carbocycles. The molecule has 6 heteroatoms. The second-order valence-corrected chi connectivity index (χ2v) is 6.33. The lowest BCUT2D eigenvalue weighted by Gasteiger charge is -2.24. The maximum atomic E-state index is 6.26. The monoisotopic (exact) mass is 450 g/mol. The molecule has 1 aromatic rings. The third-order valence-corrected chi connectivity index (χ3v) is 4.55. The molecule has 1 aliphatic heterocycles. The van der Waals surface area contributed by atoms with Crippen molar-refractivity contribution >= 4 is 41.5 Å². The SMILES string of the molecule is CCNC(=NCC1CCCN1C)N(C)Cc1ccccc1Cl.I. The van der Waals surface area contributed by atoms with E-state index in [9.17, 15) is 0 Å². The molecule has 0 bridgehead atoms. The van der Waals surface area contributed by atoms with Gasteiger partial charge in [0.15, 0.2) is 5.96 Å². The summed E-state index contributed by atoms with van der Waals surface area (Å²) in [4.78, 5) is 9.36. The van der Waals surface area contributed by atoms with Gasteiger partial charge in [-0.15, -0.1) is 24.0 Å². The first-order valence-electron chi connectivity index (χ1n) is 8.05. The van der Waals surface area contributed by atoms with Gasteiger partial charge in [0.1, 0.15) is 0 Å². The van der Waals surface area contributed by atoms with Gasteiger partial charge in [-0.2, -0.15) is 0 Å². The van der Waals surface area contributed by atoms with E-state index in [0.717, 1.165) is 36.2 Å². The molecule has 130 valence electrons. The summed E-state index contributed by atoms with van der Waals surface area (Å²) in [5.41, 5.74) is 1.12. The van der Waals surface area contributed by atoms with E-state index in [1.807, 2.05) is 18.2 Å². The zero-order chi connectivity index (χ0) is 15.9. The Balaban J connectivity index is 0.00000264. The summed E-state index contributed by atoms with van der Waals surface area (Å²) in [5, 5.41) is 4.18. The summed E-state index contributed by atoms with van der Waals surface area (Å²) in [6, 6.07) is 8.55. The van der Waals surface area contributed by atoms with E-state index in [1.54, 1.807) is 0 Å². The van der Waals surface area contributed by atoms with Crippen LogP contribution < -0.4 is 5.32 Å². The molecule has 1 saturated heterocycles. The van der Waals surface area contributed by atoms with E-state index in [1.165, 1.54) is 19.4 Å². The molecule has 0 amide bonds. The summed E-state index contributed by atoms with van der Waals surface area (Å²) in [6.45, 7) is 5.76. The van der Waals surface area contributed by atoms with E-state index in [0.29, 0.717) is 6.04 Å². The first-order chi connectivity index (χ1) is 10.6. The van der Waals surface area contributed by atoms with Crippen molar-refractivity contribution < 1.29 is 0 Å². The number of hydrogen-bond acceptors (Lipinski definition) is 2. The Morgan fingerprint density at radius 3 is 2.78 bits per heavy atom. The average molecular weight is 451 g/mol. The van der Waals surface area contributed by atoms with Gasteiger partial charge >= 0.3 is 0 Å². The summed E-state index contributed by atoms with van der Waals surface area (Å²) in [5.74, 6) is 0.947. The molecule has 1 fully saturated rings. The van der Waals surface area contributed by atoms with E-state index in [4.69, 9.17) is 16.6 Å². The third-order valence-electron chi connectivity index (χ3n) is 4.19. The molecule has 4 nitrogen and oxygen atoms in total. The van der Waals surface area contributed by atoms with E-state index < -0.39 is 0 Å². The number of hydrogen-bond donors (Lipinski definition) is 1. The van der Waals surface area contributed by atoms with Crippen molar-refractivity contribution in [3.8, 4) is 0 Å². The zero-order valence-electron chi connectivity index (χ0n) is 14.3. The number of nitrogens with zero attached hydrogens (tertiary/aromatic N) is 3. The number of guanidine groups is 1. The molecular weight excluding hydrogens is 423 g/mol. The van der Waals surface area contributed by atoms with Crippen LogP contribution in [0.4, 0.5) is 0 Å². The van der Waals surface area contributed by atoms with Crippen molar-refractivity contribution in [3.05, 3.63) is 34.9 Å². The maximum absolute atomic E-state index is 6.26. The lowest BCUT2D eigenvalue weighted by Crippen LogP contribution is -2.39. The van der Waals surface area contributed by atoms with E-state index in [2.05, 4.69) is 42.2 Å². The van der Waals surface area contributed by atoms with Gasteiger partial charge in [0.2, 0.25) is 0 Å². The minimum Gasteiger partial charge on any atom is -0.357 e. The highest BCUT2D eigenvalue weighted by molar-refractivity contribution is 14.0. The van der Waals surface area contributed by atoms with Crippen molar-refractivity contribution in [2.45, 2.75) is 32.4 Å². The second kappa shape index (κ2) is 10.4. The van der Waals surface area contributed by atoms with Gasteiger partial charge in [0.05, 0.1) is 6.54 Å². The number of nitrogens with one attached hydrogen (secondary N) is 1. The van der Waals surface area contributed by atoms with Crippen molar-refractivity contribution in [3.63, 3.8) is 0 Å². The third kappa shape index (κ3) is 6.12. The molecule has 1 unspecified atom stereocenters. The first-order valence-corrected chi connectivity index (χ1v) is 8.42. The van der Waals surface area contributed by atoms with Gasteiger partial charge in [-0.25, -0.2) is 0 Å². The van der Waals surface area contributed by atoms with Crippen LogP contribution in [0.2, 0.25) is 5.02 Å². The van der Waals surface area contributed by atoms with Gasteiger partial charge in [0, 0.05) is 31.2 Å². The zero-order valence-corrected chi connectivity index (χ0v) is 17.3. The van der Waals surface area contributed by atoms with Crippen LogP contribution in [-0.4, -0.2) is 55.5 Å². The number of rotatable bonds is 5. The van der Waals surface area contributed by atoms with Gasteiger partial charge in [-0.1, -0.05) is 29.8 Å². The Morgan fingerprint density at radius 2 is 2.17 bits per heavy atom. The fourth-order valence-corrected chi connectivity index (χ4v) is 3.02. The Hall–Kier alpha value is -0.530. The molecule has 0 radical (unpaired) electrons. The molecule has 2 rings (SSSR count). The normalized spacial score (nSPS) is 18.6. The number of likely N-dealkylation sites (N-methyl/N-ethyl adjacent to an activating group) is 1. The van der Waals surface area contributed by atoms with Gasteiger partial charge < -0.3 is 15.1 Å². The van der Waals surface area contributed by atoms with Gasteiger partial charge in [0.25, 0.3) is 0 Å². The Kier molecular flexibility index (Phi) is 9.24. The standard InChI is InChI=1S/C17H27ClN4.HI/c1-4-19-17(20-12-15-9-7-11-21(15)2)22(3)13-14-8-5-6-10-16(14)18;/h5-6,8,10,15H,4,7,9,11-13H2,1-3H3,(H,19,20);1H. The Morgan fingerprint density at radius 1 is 1.43 bits per heavy atom. The molecule has 0 spiro atoms. The fourth-order valence-electron chi connectivity index (χ4n) is 2.83. The smallest absolute Gasteiger partial charge is 0.194 e. The maximum Gasteiger partial charge on any atom is 0.194 e. The Labute approximate surface area is 162 Å². The van der Waals surface area contributed by atoms with Crippen LogP contribution in [0.25, 0.3) is 0 Å². The van der Waals surface area contributed by atoms with E-state index in [-0.39, 0.29) is 24.0 Å². The van der Waals surface area contributed by atoms with Crippen LogP contribution in [0.5, 0.6) is 0 Å². The molecule has 23 heavy (non-hydrogen) atoms. The van der Waals surface area contributed by atoms with Crippen LogP contribution >= 0.6 is 35.6 Å². The van der Waals surface area contributed by atoms with Gasteiger partial charge in [-0.05, 0) is 45.0 Å². The highest BCUT2D eigenvalue weighted by Gasteiger charge is 2.20. The number of halogens is 2. The van der Waals surface area contributed by atoms with Crippen molar-refractivity contribution in [2.75, 3.05) is 33.7 Å². The molecular formula is C17H28ClIN4. The lowest BCUT2D eigenvalue weighted by molar-refractivity contribution is 0.316. The van der Waals surface area contributed by atoms with E-state index >= 15 is 0 Å². The average Bonchev–Trinajstić information content (AvgIpc) is 2.91. The molecule has 1 aliphatic rings. The predicted molar refractivity (Wildman–Crippen MR) is 110 cm³/mol. The van der Waals surface area contributed by atoms with Crippen LogP contribution in [0, 0.1) is 0 Å². The molecule has 1 atom stereocenters. The second-order valence-electron chi connectivity index (χ2n) is 5.92. The molecule has 1 aromatic carbocycles. The highest BCUT2D eigenvalue weighted by Crippen LogP contribution is 2.17. The minimum atomic E-state index is 0. The highest BCUT2D eigenvalue weighted by atomic mass is 127. The minimum absolute atomic E-state index is 0. The molecule has 0 aromatic heterocycles. The summed E-state index contributed by atoms with van der Waals surface area (Å²) < 4.78 is 0. The molecule has 0 saturated carbocycles. The number of aliphatic imine (C=N–C) groups is 1. The summed E-state index contributed by atoms with van der Waals surface area (Å²) >= 11 is 6.26. The van der Waals surface area contributed by atoms with Crippen LogP contribution in [0.3, 0.4) is 0 Å². The lowest BCUT2D eigenvalue weighted by atomic mass is 10.2. The molecule has 1 N–H and O–H groups in total.